The highest BCUT2D eigenvalue weighted by Crippen LogP contribution is 2.29. The summed E-state index contributed by atoms with van der Waals surface area (Å²) >= 11 is 3.34. The van der Waals surface area contributed by atoms with Gasteiger partial charge < -0.3 is 5.11 Å². The summed E-state index contributed by atoms with van der Waals surface area (Å²) in [7, 11) is 0. The summed E-state index contributed by atoms with van der Waals surface area (Å²) in [6, 6.07) is 5.58. The Balaban J connectivity index is 3.10. The molecule has 3 heteroatoms. The Morgan fingerprint density at radius 2 is 1.94 bits per heavy atom. The SMILES string of the molecule is Cc1ccc(Br)cc1C(O)C(=O)C(C)(C)C. The van der Waals surface area contributed by atoms with Crippen molar-refractivity contribution in [2.45, 2.75) is 33.8 Å². The molecule has 88 valence electrons. The van der Waals surface area contributed by atoms with Gasteiger partial charge in [0.25, 0.3) is 0 Å². The third kappa shape index (κ3) is 2.92. The monoisotopic (exact) mass is 284 g/mol. The molecule has 0 aromatic heterocycles. The number of halogens is 1. The number of hydrogen-bond donors (Lipinski definition) is 1. The maximum atomic E-state index is 12.0. The van der Waals surface area contributed by atoms with Crippen molar-refractivity contribution in [1.29, 1.82) is 0 Å². The van der Waals surface area contributed by atoms with E-state index in [1.165, 1.54) is 0 Å². The largest absolute Gasteiger partial charge is 0.381 e. The Kier molecular flexibility index (Phi) is 3.92. The number of carbonyl (C=O) groups is 1. The number of rotatable bonds is 2. The lowest BCUT2D eigenvalue weighted by molar-refractivity contribution is -0.135. The Morgan fingerprint density at radius 1 is 1.38 bits per heavy atom. The lowest BCUT2D eigenvalue weighted by atomic mass is 9.84. The third-order valence-electron chi connectivity index (χ3n) is 2.52. The summed E-state index contributed by atoms with van der Waals surface area (Å²) in [4.78, 5) is 12.0. The summed E-state index contributed by atoms with van der Waals surface area (Å²) in [5, 5.41) is 10.1. The highest BCUT2D eigenvalue weighted by atomic mass is 79.9. The van der Waals surface area contributed by atoms with Crippen LogP contribution in [0.2, 0.25) is 0 Å². The topological polar surface area (TPSA) is 37.3 Å². The minimum absolute atomic E-state index is 0.159. The number of aryl methyl sites for hydroxylation is 1. The molecule has 1 N–H and O–H groups in total. The fourth-order valence-electron chi connectivity index (χ4n) is 1.46. The molecule has 1 aromatic carbocycles. The van der Waals surface area contributed by atoms with E-state index in [4.69, 9.17) is 0 Å². The number of benzene rings is 1. The predicted molar refractivity (Wildman–Crippen MR) is 68.3 cm³/mol. The molecule has 1 atom stereocenters. The second-order valence-corrected chi connectivity index (χ2v) is 5.93. The quantitative estimate of drug-likeness (QED) is 0.904. The van der Waals surface area contributed by atoms with Crippen LogP contribution in [0, 0.1) is 12.3 Å². The Hall–Kier alpha value is -0.670. The van der Waals surface area contributed by atoms with E-state index in [1.54, 1.807) is 6.07 Å². The van der Waals surface area contributed by atoms with Gasteiger partial charge in [0.2, 0.25) is 0 Å². The predicted octanol–water partition coefficient (Wildman–Crippen LogP) is 3.41. The molecule has 0 saturated heterocycles. The average molecular weight is 285 g/mol. The number of hydrogen-bond acceptors (Lipinski definition) is 2. The molecule has 1 aromatic rings. The summed E-state index contributed by atoms with van der Waals surface area (Å²) in [5.41, 5.74) is 1.07. The first-order valence-electron chi connectivity index (χ1n) is 5.22. The van der Waals surface area contributed by atoms with Gasteiger partial charge in [0.1, 0.15) is 6.10 Å². The van der Waals surface area contributed by atoms with Crippen LogP contribution in [0.3, 0.4) is 0 Å². The van der Waals surface area contributed by atoms with E-state index in [1.807, 2.05) is 39.8 Å². The molecule has 1 unspecified atom stereocenters. The van der Waals surface area contributed by atoms with Crippen LogP contribution >= 0.6 is 15.9 Å². The van der Waals surface area contributed by atoms with Gasteiger partial charge in [0, 0.05) is 9.89 Å². The van der Waals surface area contributed by atoms with Gasteiger partial charge in [0.05, 0.1) is 0 Å². The summed E-state index contributed by atoms with van der Waals surface area (Å²) in [6.07, 6.45) is -1.04. The number of ketones is 1. The highest BCUT2D eigenvalue weighted by molar-refractivity contribution is 9.10. The fourth-order valence-corrected chi connectivity index (χ4v) is 1.84. The van der Waals surface area contributed by atoms with Crippen LogP contribution in [-0.4, -0.2) is 10.9 Å². The van der Waals surface area contributed by atoms with Gasteiger partial charge in [-0.1, -0.05) is 42.8 Å². The lowest BCUT2D eigenvalue weighted by Gasteiger charge is -2.22. The lowest BCUT2D eigenvalue weighted by Crippen LogP contribution is -2.27. The van der Waals surface area contributed by atoms with E-state index in [9.17, 15) is 9.90 Å². The first kappa shape index (κ1) is 13.4. The van der Waals surface area contributed by atoms with Crippen LogP contribution in [0.5, 0.6) is 0 Å². The van der Waals surface area contributed by atoms with E-state index in [-0.39, 0.29) is 5.78 Å². The number of aliphatic hydroxyl groups excluding tert-OH is 1. The van der Waals surface area contributed by atoms with Gasteiger partial charge in [-0.3, -0.25) is 4.79 Å². The molecule has 0 spiro atoms. The van der Waals surface area contributed by atoms with Crippen LogP contribution in [0.15, 0.2) is 22.7 Å². The normalized spacial score (nSPS) is 13.6. The second kappa shape index (κ2) is 4.68. The van der Waals surface area contributed by atoms with Gasteiger partial charge in [0.15, 0.2) is 5.78 Å². The van der Waals surface area contributed by atoms with Crippen molar-refractivity contribution in [2.75, 3.05) is 0 Å². The number of carbonyl (C=O) groups excluding carboxylic acids is 1. The molecule has 0 aliphatic heterocycles. The van der Waals surface area contributed by atoms with Crippen molar-refractivity contribution in [2.24, 2.45) is 5.41 Å². The molecule has 0 fully saturated rings. The summed E-state index contributed by atoms with van der Waals surface area (Å²) < 4.78 is 0.869. The zero-order chi connectivity index (χ0) is 12.5. The van der Waals surface area contributed by atoms with E-state index in [0.717, 1.165) is 10.0 Å². The Morgan fingerprint density at radius 3 is 2.44 bits per heavy atom. The molecule has 2 nitrogen and oxygen atoms in total. The zero-order valence-electron chi connectivity index (χ0n) is 10.0. The molecule has 16 heavy (non-hydrogen) atoms. The van der Waals surface area contributed by atoms with E-state index >= 15 is 0 Å². The molecule has 0 saturated carbocycles. The zero-order valence-corrected chi connectivity index (χ0v) is 11.6. The number of Topliss-reactive ketones (excluding diaryl/α,β-unsaturated/α-hetero) is 1. The molecule has 0 aliphatic carbocycles. The molecule has 0 aliphatic rings. The highest BCUT2D eigenvalue weighted by Gasteiger charge is 2.30. The van der Waals surface area contributed by atoms with Gasteiger partial charge in [-0.2, -0.15) is 0 Å². The van der Waals surface area contributed by atoms with E-state index in [0.29, 0.717) is 5.56 Å². The average Bonchev–Trinajstić information content (AvgIpc) is 2.18. The smallest absolute Gasteiger partial charge is 0.171 e. The van der Waals surface area contributed by atoms with Gasteiger partial charge in [-0.05, 0) is 30.2 Å². The maximum absolute atomic E-state index is 12.0. The van der Waals surface area contributed by atoms with Gasteiger partial charge in [-0.15, -0.1) is 0 Å². The fraction of sp³-hybridized carbons (Fsp3) is 0.462. The molecule has 0 radical (unpaired) electrons. The first-order valence-corrected chi connectivity index (χ1v) is 6.01. The van der Waals surface area contributed by atoms with Gasteiger partial charge >= 0.3 is 0 Å². The number of aliphatic hydroxyl groups is 1. The van der Waals surface area contributed by atoms with Crippen LogP contribution in [0.4, 0.5) is 0 Å². The molecule has 0 bridgehead atoms. The Labute approximate surface area is 105 Å². The minimum atomic E-state index is -1.04. The van der Waals surface area contributed by atoms with Crippen molar-refractivity contribution in [3.8, 4) is 0 Å². The molecule has 0 heterocycles. The second-order valence-electron chi connectivity index (χ2n) is 5.02. The van der Waals surface area contributed by atoms with Crippen molar-refractivity contribution in [3.63, 3.8) is 0 Å². The van der Waals surface area contributed by atoms with E-state index in [2.05, 4.69) is 15.9 Å². The van der Waals surface area contributed by atoms with Crippen LogP contribution in [-0.2, 0) is 4.79 Å². The Bertz CT molecular complexity index is 405. The summed E-state index contributed by atoms with van der Waals surface area (Å²) in [6.45, 7) is 7.32. The molecule has 1 rings (SSSR count). The van der Waals surface area contributed by atoms with Crippen molar-refractivity contribution in [1.82, 2.24) is 0 Å². The maximum Gasteiger partial charge on any atom is 0.171 e. The van der Waals surface area contributed by atoms with Crippen LogP contribution in [0.1, 0.15) is 38.0 Å². The standard InChI is InChI=1S/C13H17BrO2/c1-8-5-6-9(14)7-10(8)11(15)12(16)13(2,3)4/h5-7,11,15H,1-4H3. The molecule has 0 amide bonds. The molecular formula is C13H17BrO2. The van der Waals surface area contributed by atoms with Crippen LogP contribution < -0.4 is 0 Å². The minimum Gasteiger partial charge on any atom is -0.381 e. The summed E-state index contributed by atoms with van der Waals surface area (Å²) in [5.74, 6) is -0.159. The first-order chi connectivity index (χ1) is 7.23. The van der Waals surface area contributed by atoms with Crippen LogP contribution in [0.25, 0.3) is 0 Å². The third-order valence-corrected chi connectivity index (χ3v) is 3.02. The van der Waals surface area contributed by atoms with Crippen molar-refractivity contribution < 1.29 is 9.90 Å². The molecular weight excluding hydrogens is 268 g/mol. The van der Waals surface area contributed by atoms with Gasteiger partial charge in [-0.25, -0.2) is 0 Å². The van der Waals surface area contributed by atoms with E-state index < -0.39 is 11.5 Å². The van der Waals surface area contributed by atoms with Crippen molar-refractivity contribution in [3.05, 3.63) is 33.8 Å². The van der Waals surface area contributed by atoms with Crippen molar-refractivity contribution >= 4 is 21.7 Å².